The van der Waals surface area contributed by atoms with Crippen LogP contribution in [0.5, 0.6) is 0 Å². The summed E-state index contributed by atoms with van der Waals surface area (Å²) < 4.78 is 1.14. The van der Waals surface area contributed by atoms with Crippen molar-refractivity contribution in [3.05, 3.63) is 0 Å². The summed E-state index contributed by atoms with van der Waals surface area (Å²) in [6.45, 7) is 3.14. The van der Waals surface area contributed by atoms with Crippen molar-refractivity contribution in [3.8, 4) is 12.3 Å². The van der Waals surface area contributed by atoms with Gasteiger partial charge in [-0.3, -0.25) is 4.84 Å². The summed E-state index contributed by atoms with van der Waals surface area (Å²) >= 11 is 4.06. The first kappa shape index (κ1) is 14.3. The zero-order valence-corrected chi connectivity index (χ0v) is 11.2. The average Bonchev–Trinajstić information content (AvgIpc) is 2.41. The van der Waals surface area contributed by atoms with E-state index in [4.69, 9.17) is 11.3 Å². The summed E-state index contributed by atoms with van der Waals surface area (Å²) in [6.07, 6.45) is 6.13. The Bertz CT molecular complexity index is 421. The Labute approximate surface area is 112 Å². The molecule has 1 aromatic heterocycles. The fourth-order valence-corrected chi connectivity index (χ4v) is 1.15. The summed E-state index contributed by atoms with van der Waals surface area (Å²) in [5, 5.41) is 5.94. The number of nitrogens with zero attached hydrogens (tertiary/aromatic N) is 4. The van der Waals surface area contributed by atoms with Gasteiger partial charge in [0, 0.05) is 6.54 Å². The van der Waals surface area contributed by atoms with Crippen molar-refractivity contribution in [2.24, 2.45) is 0 Å². The first-order valence-electron chi connectivity index (χ1n) is 5.41. The molecule has 0 saturated carbocycles. The molecule has 0 atom stereocenters. The van der Waals surface area contributed by atoms with Crippen LogP contribution in [0, 0.1) is 12.3 Å². The lowest BCUT2D eigenvalue weighted by Crippen LogP contribution is -2.16. The van der Waals surface area contributed by atoms with E-state index in [0.29, 0.717) is 18.4 Å². The van der Waals surface area contributed by atoms with Gasteiger partial charge in [0.2, 0.25) is 11.9 Å². The van der Waals surface area contributed by atoms with E-state index in [2.05, 4.69) is 44.3 Å². The summed E-state index contributed by atoms with van der Waals surface area (Å²) in [5.41, 5.74) is 0. The molecule has 0 unspecified atom stereocenters. The van der Waals surface area contributed by atoms with Crippen LogP contribution in [-0.4, -0.2) is 35.2 Å². The standard InChI is InChI=1S/C10H16N6OS/c1-4-6-11-8-13-9(12-7-5-2)15-10(14-8)16(18)17-3/h1,18H,5-7H2,2-3H3,(H2,11,12,13,14,15). The predicted octanol–water partition coefficient (Wildman–Crippen LogP) is 0.951. The zero-order valence-electron chi connectivity index (χ0n) is 10.3. The lowest BCUT2D eigenvalue weighted by Gasteiger charge is -2.14. The largest absolute Gasteiger partial charge is 0.354 e. The van der Waals surface area contributed by atoms with Gasteiger partial charge >= 0.3 is 0 Å². The maximum Gasteiger partial charge on any atom is 0.267 e. The van der Waals surface area contributed by atoms with Gasteiger partial charge in [0.1, 0.15) is 0 Å². The molecule has 18 heavy (non-hydrogen) atoms. The minimum Gasteiger partial charge on any atom is -0.354 e. The van der Waals surface area contributed by atoms with Gasteiger partial charge in [-0.15, -0.1) is 6.42 Å². The van der Waals surface area contributed by atoms with Crippen LogP contribution < -0.4 is 15.1 Å². The fraction of sp³-hybridized carbons (Fsp3) is 0.500. The Morgan fingerprint density at radius 3 is 2.56 bits per heavy atom. The second-order valence-electron chi connectivity index (χ2n) is 3.22. The molecule has 0 spiro atoms. The molecule has 1 aromatic rings. The zero-order chi connectivity index (χ0) is 13.4. The highest BCUT2D eigenvalue weighted by Gasteiger charge is 2.10. The SMILES string of the molecule is C#CCNc1nc(NCCC)nc(N(S)OC)n1. The first-order chi connectivity index (χ1) is 8.71. The van der Waals surface area contributed by atoms with Gasteiger partial charge < -0.3 is 10.6 Å². The highest BCUT2D eigenvalue weighted by Crippen LogP contribution is 2.14. The molecule has 0 saturated heterocycles. The maximum absolute atomic E-state index is 5.17. The Kier molecular flexibility index (Phi) is 6.04. The summed E-state index contributed by atoms with van der Waals surface area (Å²) in [6, 6.07) is 0. The number of hydrogen-bond donors (Lipinski definition) is 3. The van der Waals surface area contributed by atoms with Crippen molar-refractivity contribution in [1.82, 2.24) is 15.0 Å². The Morgan fingerprint density at radius 2 is 2.00 bits per heavy atom. The van der Waals surface area contributed by atoms with Crippen LogP contribution >= 0.6 is 12.8 Å². The number of aromatic nitrogens is 3. The fourth-order valence-electron chi connectivity index (χ4n) is 1.06. The molecule has 7 nitrogen and oxygen atoms in total. The van der Waals surface area contributed by atoms with Crippen molar-refractivity contribution in [2.75, 3.05) is 35.3 Å². The Balaban J connectivity index is 2.92. The highest BCUT2D eigenvalue weighted by atomic mass is 32.1. The van der Waals surface area contributed by atoms with E-state index in [1.165, 1.54) is 7.11 Å². The number of anilines is 3. The predicted molar refractivity (Wildman–Crippen MR) is 74.4 cm³/mol. The molecule has 0 aliphatic heterocycles. The second-order valence-corrected chi connectivity index (χ2v) is 3.59. The Hall–Kier alpha value is -1.72. The van der Waals surface area contributed by atoms with E-state index in [-0.39, 0.29) is 5.95 Å². The molecule has 8 heteroatoms. The quantitative estimate of drug-likeness (QED) is 0.386. The van der Waals surface area contributed by atoms with Crippen LogP contribution in [0.3, 0.4) is 0 Å². The van der Waals surface area contributed by atoms with Gasteiger partial charge in [0.25, 0.3) is 5.95 Å². The molecule has 0 aromatic carbocycles. The summed E-state index contributed by atoms with van der Waals surface area (Å²) in [5.74, 6) is 3.53. The van der Waals surface area contributed by atoms with Crippen LogP contribution in [0.1, 0.15) is 13.3 Å². The third-order valence-corrected chi connectivity index (χ3v) is 2.19. The minimum atomic E-state index is 0.272. The van der Waals surface area contributed by atoms with Crippen LogP contribution in [0.15, 0.2) is 0 Å². The van der Waals surface area contributed by atoms with E-state index < -0.39 is 0 Å². The first-order valence-corrected chi connectivity index (χ1v) is 5.81. The van der Waals surface area contributed by atoms with Gasteiger partial charge in [-0.05, 0) is 19.2 Å². The molecule has 98 valence electrons. The summed E-state index contributed by atoms with van der Waals surface area (Å²) in [7, 11) is 1.46. The molecule has 0 radical (unpaired) electrons. The molecule has 2 N–H and O–H groups in total. The highest BCUT2D eigenvalue weighted by molar-refractivity contribution is 7.81. The second kappa shape index (κ2) is 7.58. The van der Waals surface area contributed by atoms with E-state index in [1.807, 2.05) is 6.92 Å². The molecular formula is C10H16N6OS. The van der Waals surface area contributed by atoms with Crippen LogP contribution in [-0.2, 0) is 4.84 Å². The van der Waals surface area contributed by atoms with Crippen molar-refractivity contribution in [2.45, 2.75) is 13.3 Å². The van der Waals surface area contributed by atoms with Crippen LogP contribution in [0.4, 0.5) is 17.8 Å². The van der Waals surface area contributed by atoms with Gasteiger partial charge in [0.05, 0.1) is 13.7 Å². The van der Waals surface area contributed by atoms with Gasteiger partial charge in [-0.25, -0.2) is 0 Å². The molecule has 0 aliphatic rings. The monoisotopic (exact) mass is 268 g/mol. The smallest absolute Gasteiger partial charge is 0.267 e. The summed E-state index contributed by atoms with van der Waals surface area (Å²) in [4.78, 5) is 17.3. The maximum atomic E-state index is 5.17. The van der Waals surface area contributed by atoms with E-state index in [0.717, 1.165) is 17.4 Å². The van der Waals surface area contributed by atoms with E-state index in [1.54, 1.807) is 0 Å². The minimum absolute atomic E-state index is 0.272. The van der Waals surface area contributed by atoms with Crippen molar-refractivity contribution in [1.29, 1.82) is 0 Å². The molecule has 0 fully saturated rings. The van der Waals surface area contributed by atoms with Crippen molar-refractivity contribution >= 4 is 30.7 Å². The van der Waals surface area contributed by atoms with Crippen molar-refractivity contribution in [3.63, 3.8) is 0 Å². The third kappa shape index (κ3) is 4.27. The number of rotatable bonds is 7. The molecule has 1 heterocycles. The Morgan fingerprint density at radius 1 is 1.33 bits per heavy atom. The van der Waals surface area contributed by atoms with Gasteiger partial charge in [-0.1, -0.05) is 12.8 Å². The van der Waals surface area contributed by atoms with E-state index >= 15 is 0 Å². The number of terminal acetylenes is 1. The van der Waals surface area contributed by atoms with Gasteiger partial charge in [0.15, 0.2) is 0 Å². The average molecular weight is 268 g/mol. The topological polar surface area (TPSA) is 75.2 Å². The van der Waals surface area contributed by atoms with Crippen molar-refractivity contribution < 1.29 is 4.84 Å². The van der Waals surface area contributed by atoms with Gasteiger partial charge in [-0.2, -0.15) is 19.4 Å². The van der Waals surface area contributed by atoms with Crippen LogP contribution in [0.2, 0.25) is 0 Å². The number of nitrogens with one attached hydrogen (secondary N) is 2. The molecule has 0 amide bonds. The van der Waals surface area contributed by atoms with E-state index in [9.17, 15) is 0 Å². The van der Waals surface area contributed by atoms with Crippen LogP contribution in [0.25, 0.3) is 0 Å². The molecule has 0 bridgehead atoms. The number of hydrogen-bond acceptors (Lipinski definition) is 8. The lowest BCUT2D eigenvalue weighted by atomic mass is 10.5. The normalized spacial score (nSPS) is 9.67. The molecular weight excluding hydrogens is 252 g/mol. The molecule has 1 rings (SSSR count). The lowest BCUT2D eigenvalue weighted by molar-refractivity contribution is 0.222. The third-order valence-electron chi connectivity index (χ3n) is 1.85. The number of thiol groups is 1. The molecule has 0 aliphatic carbocycles.